The number of ether oxygens (including phenoxy) is 1. The molecule has 3 N–H and O–H groups in total. The third-order valence-electron chi connectivity index (χ3n) is 5.32. The normalized spacial score (nSPS) is 10.5. The smallest absolute Gasteiger partial charge is 0.335 e. The molecule has 0 radical (unpaired) electrons. The Bertz CT molecular complexity index is 1220. The number of amides is 1. The fraction of sp³-hybridized carbons (Fsp3) is 0.222. The summed E-state index contributed by atoms with van der Waals surface area (Å²) in [5.41, 5.74) is 2.75. The van der Waals surface area contributed by atoms with Crippen LogP contribution in [0.5, 0.6) is 11.5 Å². The summed E-state index contributed by atoms with van der Waals surface area (Å²) in [7, 11) is 0. The Morgan fingerprint density at radius 3 is 2.44 bits per heavy atom. The molecule has 0 bridgehead atoms. The van der Waals surface area contributed by atoms with Gasteiger partial charge < -0.3 is 20.3 Å². The van der Waals surface area contributed by atoms with Gasteiger partial charge in [-0.25, -0.2) is 4.79 Å². The quantitative estimate of drug-likeness (QED) is 0.366. The average molecular weight is 462 g/mol. The summed E-state index contributed by atoms with van der Waals surface area (Å²) >= 11 is 0. The van der Waals surface area contributed by atoms with Crippen molar-refractivity contribution in [3.8, 4) is 11.5 Å². The predicted molar refractivity (Wildman–Crippen MR) is 129 cm³/mol. The van der Waals surface area contributed by atoms with E-state index in [0.29, 0.717) is 29.0 Å². The van der Waals surface area contributed by atoms with E-state index in [0.717, 1.165) is 12.0 Å². The molecule has 3 aromatic carbocycles. The van der Waals surface area contributed by atoms with Gasteiger partial charge in [0.15, 0.2) is 5.78 Å². The number of hydrogen-bond donors (Lipinski definition) is 3. The second-order valence-electron chi connectivity index (χ2n) is 7.92. The molecule has 0 heterocycles. The van der Waals surface area contributed by atoms with Crippen molar-refractivity contribution in [1.29, 1.82) is 0 Å². The number of ketones is 1. The van der Waals surface area contributed by atoms with E-state index in [9.17, 15) is 24.6 Å². The molecule has 0 saturated heterocycles. The molecule has 7 heteroatoms. The molecular formula is C27H27NO6. The maximum Gasteiger partial charge on any atom is 0.335 e. The summed E-state index contributed by atoms with van der Waals surface area (Å²) in [6.45, 7) is 3.58. The van der Waals surface area contributed by atoms with E-state index in [1.54, 1.807) is 48.5 Å². The minimum Gasteiger partial charge on any atom is -0.507 e. The molecule has 0 saturated carbocycles. The summed E-state index contributed by atoms with van der Waals surface area (Å²) in [5.74, 6) is -1.16. The number of carbonyl (C=O) groups is 3. The standard InChI is InChI=1S/C27H27NO6/c1-3-7-23-24(13-12-21(17(2)29)26(23)31)34-16-18-8-6-10-20(14-18)28-25(30)15-19-9-4-5-11-22(19)27(32)33/h4-6,8-14,31H,3,7,15-16H2,1-2H3,(H,28,30)(H,32,33). The highest BCUT2D eigenvalue weighted by molar-refractivity contribution is 5.97. The maximum absolute atomic E-state index is 12.5. The molecule has 0 aliphatic rings. The molecule has 176 valence electrons. The molecule has 0 spiro atoms. The first kappa shape index (κ1) is 24.5. The van der Waals surface area contributed by atoms with Crippen LogP contribution in [-0.4, -0.2) is 27.9 Å². The molecule has 0 unspecified atom stereocenters. The largest absolute Gasteiger partial charge is 0.507 e. The summed E-state index contributed by atoms with van der Waals surface area (Å²) < 4.78 is 5.94. The van der Waals surface area contributed by atoms with Gasteiger partial charge in [0.25, 0.3) is 0 Å². The number of anilines is 1. The molecule has 0 fully saturated rings. The predicted octanol–water partition coefficient (Wildman–Crippen LogP) is 5.01. The van der Waals surface area contributed by atoms with Crippen molar-refractivity contribution in [3.63, 3.8) is 0 Å². The molecule has 7 nitrogen and oxygen atoms in total. The van der Waals surface area contributed by atoms with Crippen molar-refractivity contribution in [2.45, 2.75) is 39.7 Å². The number of phenolic OH excluding ortho intramolecular Hbond substituents is 1. The molecule has 3 rings (SSSR count). The lowest BCUT2D eigenvalue weighted by atomic mass is 10.0. The molecule has 0 aliphatic heterocycles. The van der Waals surface area contributed by atoms with Crippen molar-refractivity contribution in [3.05, 3.63) is 88.5 Å². The number of rotatable bonds is 10. The number of carboxylic acid groups (broad SMARTS) is 1. The van der Waals surface area contributed by atoms with Gasteiger partial charge in [0, 0.05) is 11.3 Å². The highest BCUT2D eigenvalue weighted by Gasteiger charge is 2.16. The lowest BCUT2D eigenvalue weighted by molar-refractivity contribution is -0.115. The summed E-state index contributed by atoms with van der Waals surface area (Å²) in [4.78, 5) is 35.6. The van der Waals surface area contributed by atoms with Gasteiger partial charge >= 0.3 is 5.97 Å². The number of Topliss-reactive ketones (excluding diaryl/α,β-unsaturated/α-hetero) is 1. The molecule has 0 aliphatic carbocycles. The van der Waals surface area contributed by atoms with Crippen molar-refractivity contribution < 1.29 is 29.3 Å². The zero-order valence-electron chi connectivity index (χ0n) is 19.1. The Morgan fingerprint density at radius 1 is 0.971 bits per heavy atom. The number of phenols is 1. The van der Waals surface area contributed by atoms with Crippen molar-refractivity contribution >= 4 is 23.3 Å². The third kappa shape index (κ3) is 6.01. The summed E-state index contributed by atoms with van der Waals surface area (Å²) in [5, 5.41) is 22.6. The van der Waals surface area contributed by atoms with Gasteiger partial charge in [-0.3, -0.25) is 9.59 Å². The van der Waals surface area contributed by atoms with Crippen LogP contribution >= 0.6 is 0 Å². The molecular weight excluding hydrogens is 434 g/mol. The van der Waals surface area contributed by atoms with Gasteiger partial charge in [-0.1, -0.05) is 43.7 Å². The molecule has 0 atom stereocenters. The van der Waals surface area contributed by atoms with Gasteiger partial charge in [-0.05, 0) is 54.8 Å². The van der Waals surface area contributed by atoms with Crippen LogP contribution in [-0.2, 0) is 24.2 Å². The van der Waals surface area contributed by atoms with Crippen molar-refractivity contribution in [2.24, 2.45) is 0 Å². The van der Waals surface area contributed by atoms with Gasteiger partial charge in [-0.2, -0.15) is 0 Å². The molecule has 34 heavy (non-hydrogen) atoms. The van der Waals surface area contributed by atoms with Gasteiger partial charge in [0.2, 0.25) is 5.91 Å². The SMILES string of the molecule is CCCc1c(OCc2cccc(NC(=O)Cc3ccccc3C(=O)O)c2)ccc(C(C)=O)c1O. The summed E-state index contributed by atoms with van der Waals surface area (Å²) in [6, 6.07) is 16.8. The average Bonchev–Trinajstić information content (AvgIpc) is 2.79. The minimum absolute atomic E-state index is 0.0468. The lowest BCUT2D eigenvalue weighted by Crippen LogP contribution is -2.16. The second kappa shape index (κ2) is 11.1. The van der Waals surface area contributed by atoms with Crippen molar-refractivity contribution in [1.82, 2.24) is 0 Å². The van der Waals surface area contributed by atoms with Crippen LogP contribution in [0.25, 0.3) is 0 Å². The maximum atomic E-state index is 12.5. The van der Waals surface area contributed by atoms with Crippen LogP contribution in [0, 0.1) is 0 Å². The third-order valence-corrected chi connectivity index (χ3v) is 5.32. The number of benzene rings is 3. The van der Waals surface area contributed by atoms with Crippen LogP contribution in [0.1, 0.15) is 57.7 Å². The molecule has 0 aromatic heterocycles. The minimum atomic E-state index is -1.08. The lowest BCUT2D eigenvalue weighted by Gasteiger charge is -2.15. The summed E-state index contributed by atoms with van der Waals surface area (Å²) in [6.07, 6.45) is 1.28. The van der Waals surface area contributed by atoms with Crippen LogP contribution in [0.15, 0.2) is 60.7 Å². The van der Waals surface area contributed by atoms with Crippen LogP contribution in [0.3, 0.4) is 0 Å². The number of nitrogens with one attached hydrogen (secondary N) is 1. The highest BCUT2D eigenvalue weighted by Crippen LogP contribution is 2.33. The van der Waals surface area contributed by atoms with E-state index >= 15 is 0 Å². The van der Waals surface area contributed by atoms with E-state index < -0.39 is 5.97 Å². The van der Waals surface area contributed by atoms with Gasteiger partial charge in [0.05, 0.1) is 17.5 Å². The first-order valence-corrected chi connectivity index (χ1v) is 11.0. The van der Waals surface area contributed by atoms with Crippen LogP contribution in [0.2, 0.25) is 0 Å². The van der Waals surface area contributed by atoms with Crippen molar-refractivity contribution in [2.75, 3.05) is 5.32 Å². The number of carbonyl (C=O) groups excluding carboxylic acids is 2. The van der Waals surface area contributed by atoms with E-state index in [-0.39, 0.29) is 41.6 Å². The first-order chi connectivity index (χ1) is 16.3. The van der Waals surface area contributed by atoms with E-state index in [4.69, 9.17) is 4.74 Å². The zero-order valence-corrected chi connectivity index (χ0v) is 19.1. The van der Waals surface area contributed by atoms with E-state index in [1.807, 2.05) is 13.0 Å². The Balaban J connectivity index is 1.70. The van der Waals surface area contributed by atoms with E-state index in [1.165, 1.54) is 13.0 Å². The Hall–Kier alpha value is -4.13. The van der Waals surface area contributed by atoms with E-state index in [2.05, 4.69) is 5.32 Å². The molecule has 3 aromatic rings. The van der Waals surface area contributed by atoms with Crippen LogP contribution in [0.4, 0.5) is 5.69 Å². The second-order valence-corrected chi connectivity index (χ2v) is 7.92. The molecule has 1 amide bonds. The fourth-order valence-corrected chi connectivity index (χ4v) is 3.69. The number of carboxylic acids is 1. The fourth-order valence-electron chi connectivity index (χ4n) is 3.69. The number of aromatic hydroxyl groups is 1. The Kier molecular flexibility index (Phi) is 8.03. The number of aromatic carboxylic acids is 1. The monoisotopic (exact) mass is 461 g/mol. The Morgan fingerprint density at radius 2 is 1.74 bits per heavy atom. The van der Waals surface area contributed by atoms with Crippen LogP contribution < -0.4 is 10.1 Å². The van der Waals surface area contributed by atoms with Gasteiger partial charge in [-0.15, -0.1) is 0 Å². The highest BCUT2D eigenvalue weighted by atomic mass is 16.5. The Labute approximate surface area is 198 Å². The van der Waals surface area contributed by atoms with Gasteiger partial charge in [0.1, 0.15) is 18.1 Å². The zero-order chi connectivity index (χ0) is 24.7. The topological polar surface area (TPSA) is 113 Å². The first-order valence-electron chi connectivity index (χ1n) is 11.0. The number of hydrogen-bond acceptors (Lipinski definition) is 5.